The second-order valence-corrected chi connectivity index (χ2v) is 14.5. The lowest BCUT2D eigenvalue weighted by atomic mass is 10.1. The third-order valence-corrected chi connectivity index (χ3v) is 11.6. The Hall–Kier alpha value is -3.66. The molecule has 2 aliphatic carbocycles. The van der Waals surface area contributed by atoms with Gasteiger partial charge < -0.3 is 9.80 Å². The number of hydrogen-bond acceptors (Lipinski definition) is 8. The molecule has 0 radical (unpaired) electrons. The number of nitrogens with zero attached hydrogens (tertiary/aromatic N) is 6. The van der Waals surface area contributed by atoms with Gasteiger partial charge in [-0.2, -0.15) is 8.42 Å². The van der Waals surface area contributed by atoms with Gasteiger partial charge in [-0.25, -0.2) is 31.0 Å². The highest BCUT2D eigenvalue weighted by atomic mass is 32.2. The summed E-state index contributed by atoms with van der Waals surface area (Å²) in [5.41, 5.74) is -1.31. The van der Waals surface area contributed by atoms with Gasteiger partial charge >= 0.3 is 0 Å². The summed E-state index contributed by atoms with van der Waals surface area (Å²) in [6.07, 6.45) is 5.03. The fourth-order valence-corrected chi connectivity index (χ4v) is 8.41. The van der Waals surface area contributed by atoms with E-state index in [4.69, 9.17) is 0 Å². The van der Waals surface area contributed by atoms with Gasteiger partial charge in [-0.3, -0.25) is 3.97 Å². The highest BCUT2D eigenvalue weighted by Crippen LogP contribution is 2.49. The van der Waals surface area contributed by atoms with Crippen LogP contribution in [0.15, 0.2) is 47.8 Å². The van der Waals surface area contributed by atoms with Crippen molar-refractivity contribution in [1.29, 1.82) is 0 Å². The maximum absolute atomic E-state index is 15.3. The van der Waals surface area contributed by atoms with Crippen LogP contribution in [0.5, 0.6) is 0 Å². The van der Waals surface area contributed by atoms with Crippen LogP contribution in [-0.2, 0) is 20.0 Å². The summed E-state index contributed by atoms with van der Waals surface area (Å²) in [5.74, 6) is -3.72. The van der Waals surface area contributed by atoms with Crippen molar-refractivity contribution in [3.63, 3.8) is 0 Å². The van der Waals surface area contributed by atoms with Gasteiger partial charge in [-0.15, -0.1) is 9.19 Å². The largest absolute Gasteiger partial charge is 0.350 e. The van der Waals surface area contributed by atoms with E-state index in [-0.39, 0.29) is 36.7 Å². The first-order valence-corrected chi connectivity index (χ1v) is 15.8. The fraction of sp³-hybridized carbons (Fsp3) is 0.360. The van der Waals surface area contributed by atoms with E-state index < -0.39 is 64.5 Å². The van der Waals surface area contributed by atoms with Gasteiger partial charge in [0.25, 0.3) is 10.0 Å². The van der Waals surface area contributed by atoms with Crippen molar-refractivity contribution >= 4 is 42.6 Å². The Morgan fingerprint density at radius 2 is 1.63 bits per heavy atom. The van der Waals surface area contributed by atoms with E-state index in [9.17, 15) is 25.6 Å². The van der Waals surface area contributed by atoms with E-state index in [1.807, 2.05) is 0 Å². The molecule has 3 fully saturated rings. The lowest BCUT2D eigenvalue weighted by Crippen LogP contribution is -2.56. The Labute approximate surface area is 231 Å². The molecule has 10 nitrogen and oxygen atoms in total. The zero-order valence-electron chi connectivity index (χ0n) is 21.2. The molecule has 2 saturated carbocycles. The van der Waals surface area contributed by atoms with E-state index >= 15 is 8.78 Å². The molecule has 216 valence electrons. The number of hydrogen-bond donors (Lipinski definition) is 0. The third-order valence-electron chi connectivity index (χ3n) is 7.91. The van der Waals surface area contributed by atoms with Crippen molar-refractivity contribution in [1.82, 2.24) is 18.1 Å². The molecule has 0 bridgehead atoms. The molecule has 0 amide bonds. The van der Waals surface area contributed by atoms with E-state index in [0.29, 0.717) is 29.8 Å². The molecular formula is C25H22F4N6O4S2. The van der Waals surface area contributed by atoms with Crippen LogP contribution < -0.4 is 9.80 Å². The van der Waals surface area contributed by atoms with Crippen molar-refractivity contribution in [2.24, 2.45) is 0 Å². The molecule has 16 heteroatoms. The molecule has 1 spiro atoms. The zero-order valence-corrected chi connectivity index (χ0v) is 22.8. The van der Waals surface area contributed by atoms with Gasteiger partial charge in [-0.05, 0) is 43.9 Å². The Morgan fingerprint density at radius 3 is 2.32 bits per heavy atom. The number of piperazine rings is 1. The number of anilines is 2. The first kappa shape index (κ1) is 26.3. The highest BCUT2D eigenvalue weighted by molar-refractivity contribution is 7.91. The maximum Gasteiger partial charge on any atom is 0.285 e. The van der Waals surface area contributed by atoms with Crippen LogP contribution in [0.3, 0.4) is 0 Å². The van der Waals surface area contributed by atoms with Crippen molar-refractivity contribution in [2.75, 3.05) is 29.4 Å². The van der Waals surface area contributed by atoms with Gasteiger partial charge in [0.15, 0.2) is 23.3 Å². The normalized spacial score (nSPS) is 18.9. The molecule has 0 unspecified atom stereocenters. The van der Waals surface area contributed by atoms with Gasteiger partial charge in [0, 0.05) is 38.1 Å². The van der Waals surface area contributed by atoms with E-state index in [2.05, 4.69) is 10.1 Å². The molecule has 1 aromatic carbocycles. The van der Waals surface area contributed by atoms with Crippen molar-refractivity contribution in [3.05, 3.63) is 66.1 Å². The molecule has 4 aromatic rings. The first-order valence-electron chi connectivity index (χ1n) is 12.8. The SMILES string of the molecule is O=S(=O)(c1ccn(S(=O)(=O)C2CC2)c1)n1nc(N2CCN(c3ncc(F)cc3F)CC23CC3)c2c(F)ccc(F)c21. The first-order chi connectivity index (χ1) is 19.4. The predicted octanol–water partition coefficient (Wildman–Crippen LogP) is 3.23. The summed E-state index contributed by atoms with van der Waals surface area (Å²) in [6, 6.07) is 3.48. The molecule has 3 aromatic heterocycles. The molecule has 0 atom stereocenters. The van der Waals surface area contributed by atoms with Crippen LogP contribution in [0.1, 0.15) is 25.7 Å². The molecule has 41 heavy (non-hydrogen) atoms. The Kier molecular flexibility index (Phi) is 5.55. The van der Waals surface area contributed by atoms with Gasteiger partial charge in [0.2, 0.25) is 10.0 Å². The van der Waals surface area contributed by atoms with Crippen LogP contribution >= 0.6 is 0 Å². The zero-order chi connectivity index (χ0) is 28.9. The monoisotopic (exact) mass is 610 g/mol. The second-order valence-electron chi connectivity index (χ2n) is 10.6. The predicted molar refractivity (Wildman–Crippen MR) is 140 cm³/mol. The average molecular weight is 611 g/mol. The molecule has 1 aliphatic heterocycles. The molecule has 0 N–H and O–H groups in total. The summed E-state index contributed by atoms with van der Waals surface area (Å²) in [4.78, 5) is 6.75. The van der Waals surface area contributed by atoms with Crippen LogP contribution in [-0.4, -0.2) is 65.4 Å². The molecule has 7 rings (SSSR count). The lowest BCUT2D eigenvalue weighted by Gasteiger charge is -2.43. The molecule has 3 aliphatic rings. The minimum atomic E-state index is -4.67. The molecule has 4 heterocycles. The van der Waals surface area contributed by atoms with Crippen LogP contribution in [0, 0.1) is 23.3 Å². The van der Waals surface area contributed by atoms with Crippen molar-refractivity contribution < 1.29 is 34.4 Å². The summed E-state index contributed by atoms with van der Waals surface area (Å²) in [5, 5.41) is 3.28. The lowest BCUT2D eigenvalue weighted by molar-refractivity contribution is 0.489. The maximum atomic E-state index is 15.3. The Balaban J connectivity index is 1.31. The number of aromatic nitrogens is 4. The summed E-state index contributed by atoms with van der Waals surface area (Å²) in [7, 11) is -8.44. The quantitative estimate of drug-likeness (QED) is 0.306. The molecular weight excluding hydrogens is 588 g/mol. The molecule has 1 saturated heterocycles. The van der Waals surface area contributed by atoms with Crippen molar-refractivity contribution in [3.8, 4) is 0 Å². The minimum Gasteiger partial charge on any atom is -0.350 e. The summed E-state index contributed by atoms with van der Waals surface area (Å²) < 4.78 is 112. The van der Waals surface area contributed by atoms with E-state index in [1.165, 1.54) is 0 Å². The van der Waals surface area contributed by atoms with Crippen LogP contribution in [0.2, 0.25) is 0 Å². The van der Waals surface area contributed by atoms with E-state index in [1.54, 1.807) is 9.80 Å². The number of fused-ring (bicyclic) bond motifs is 1. The topological polar surface area (TPSA) is 110 Å². The average Bonchev–Trinajstić information content (AvgIpc) is 3.82. The van der Waals surface area contributed by atoms with Crippen molar-refractivity contribution in [2.45, 2.75) is 41.4 Å². The fourth-order valence-electron chi connectivity index (χ4n) is 5.50. The number of halogens is 4. The number of benzene rings is 1. The highest BCUT2D eigenvalue weighted by Gasteiger charge is 2.53. The second kappa shape index (κ2) is 8.67. The Bertz CT molecular complexity index is 1950. The van der Waals surface area contributed by atoms with Gasteiger partial charge in [0.1, 0.15) is 22.0 Å². The van der Waals surface area contributed by atoms with Gasteiger partial charge in [-0.1, -0.05) is 0 Å². The van der Waals surface area contributed by atoms with Crippen LogP contribution in [0.25, 0.3) is 10.9 Å². The standard InChI is InChI=1S/C25H22F4N6O4S2/c26-15-11-20(29)23(30-12-15)32-9-10-34(25(14-32)6-7-25)24-21-18(27)3-4-19(28)22(21)35(31-24)41(38,39)17-5-8-33(13-17)40(36,37)16-1-2-16/h3-5,8,11-13,16H,1-2,6-7,9-10,14H2. The Morgan fingerprint density at radius 1 is 0.902 bits per heavy atom. The van der Waals surface area contributed by atoms with E-state index in [0.717, 1.165) is 46.8 Å². The number of pyridine rings is 1. The van der Waals surface area contributed by atoms with Gasteiger partial charge in [0.05, 0.1) is 22.4 Å². The number of rotatable bonds is 6. The summed E-state index contributed by atoms with van der Waals surface area (Å²) >= 11 is 0. The third kappa shape index (κ3) is 4.01. The minimum absolute atomic E-state index is 0.0434. The summed E-state index contributed by atoms with van der Waals surface area (Å²) in [6.45, 7) is 0.510. The smallest absolute Gasteiger partial charge is 0.285 e. The van der Waals surface area contributed by atoms with Crippen LogP contribution in [0.4, 0.5) is 29.2 Å².